The van der Waals surface area contributed by atoms with Crippen molar-refractivity contribution in [3.05, 3.63) is 72.3 Å². The number of rotatable bonds is 5. The molecule has 0 aliphatic heterocycles. The molecule has 0 atom stereocenters. The molecule has 0 fully saturated rings. The van der Waals surface area contributed by atoms with Gasteiger partial charge in [0, 0.05) is 11.5 Å². The lowest BCUT2D eigenvalue weighted by atomic mass is 9.76. The van der Waals surface area contributed by atoms with Crippen molar-refractivity contribution in [3.8, 4) is 11.1 Å². The highest BCUT2D eigenvalue weighted by Crippen LogP contribution is 2.50. The highest BCUT2D eigenvalue weighted by molar-refractivity contribution is 5.80. The first-order valence-electron chi connectivity index (χ1n) is 8.59. The summed E-state index contributed by atoms with van der Waals surface area (Å²) in [5.74, 6) is -0.981. The van der Waals surface area contributed by atoms with Crippen molar-refractivity contribution in [1.82, 2.24) is 0 Å². The Morgan fingerprint density at radius 1 is 1.04 bits per heavy atom. The van der Waals surface area contributed by atoms with Crippen LogP contribution in [0.1, 0.15) is 50.7 Å². The van der Waals surface area contributed by atoms with Gasteiger partial charge in [0.2, 0.25) is 0 Å². The number of carbonyl (C=O) groups is 1. The van der Waals surface area contributed by atoms with Gasteiger partial charge in [-0.2, -0.15) is 0 Å². The standard InChI is InChI=1S/C19H22.C3H4O2/c1-3-4-9-14-19(2)17-12-7-5-10-15(17)16-11-6-8-13-18(16)19;1-2-3(4)5/h5-8,10-13H,3-4,9,14H2,1-2H3;2H,1H2,(H,4,5). The van der Waals surface area contributed by atoms with Gasteiger partial charge < -0.3 is 5.11 Å². The van der Waals surface area contributed by atoms with E-state index in [9.17, 15) is 4.79 Å². The van der Waals surface area contributed by atoms with Gasteiger partial charge in [-0.3, -0.25) is 0 Å². The van der Waals surface area contributed by atoms with Gasteiger partial charge in [0.25, 0.3) is 0 Å². The smallest absolute Gasteiger partial charge is 0.327 e. The van der Waals surface area contributed by atoms with E-state index in [0.717, 1.165) is 6.08 Å². The third-order valence-electron chi connectivity index (χ3n) is 4.79. The number of carboxylic acids is 1. The normalized spacial score (nSPS) is 13.2. The van der Waals surface area contributed by atoms with E-state index < -0.39 is 5.97 Å². The molecule has 3 rings (SSSR count). The molecule has 126 valence electrons. The van der Waals surface area contributed by atoms with Gasteiger partial charge in [0.1, 0.15) is 0 Å². The van der Waals surface area contributed by atoms with Crippen LogP contribution in [0.25, 0.3) is 11.1 Å². The summed E-state index contributed by atoms with van der Waals surface area (Å²) in [6, 6.07) is 17.9. The molecule has 0 saturated heterocycles. The van der Waals surface area contributed by atoms with Crippen molar-refractivity contribution in [1.29, 1.82) is 0 Å². The molecule has 1 aliphatic rings. The Balaban J connectivity index is 0.000000368. The Bertz CT molecular complexity index is 670. The largest absolute Gasteiger partial charge is 0.478 e. The first kappa shape index (κ1) is 18.0. The maximum absolute atomic E-state index is 9.25. The molecule has 2 aromatic rings. The van der Waals surface area contributed by atoms with Crippen molar-refractivity contribution < 1.29 is 9.90 Å². The SMILES string of the molecule is C=CC(=O)O.CCCCCC1(C)c2ccccc2-c2ccccc21. The quantitative estimate of drug-likeness (QED) is 0.557. The van der Waals surface area contributed by atoms with E-state index in [1.165, 1.54) is 47.9 Å². The summed E-state index contributed by atoms with van der Waals surface area (Å²) in [4.78, 5) is 9.25. The average molecular weight is 322 g/mol. The number of unbranched alkanes of at least 4 members (excludes halogenated alkanes) is 2. The van der Waals surface area contributed by atoms with Gasteiger partial charge in [-0.1, -0.05) is 88.2 Å². The van der Waals surface area contributed by atoms with Gasteiger partial charge >= 0.3 is 5.97 Å². The number of fused-ring (bicyclic) bond motifs is 3. The van der Waals surface area contributed by atoms with E-state index in [0.29, 0.717) is 0 Å². The van der Waals surface area contributed by atoms with Crippen LogP contribution < -0.4 is 0 Å². The van der Waals surface area contributed by atoms with E-state index in [2.05, 4.69) is 69.0 Å². The molecule has 0 heterocycles. The lowest BCUT2D eigenvalue weighted by Gasteiger charge is -2.27. The third-order valence-corrected chi connectivity index (χ3v) is 4.79. The molecule has 1 aliphatic carbocycles. The molecular weight excluding hydrogens is 296 g/mol. The fourth-order valence-electron chi connectivity index (χ4n) is 3.54. The van der Waals surface area contributed by atoms with E-state index in [1.54, 1.807) is 0 Å². The first-order valence-corrected chi connectivity index (χ1v) is 8.59. The molecule has 0 spiro atoms. The number of hydrogen-bond acceptors (Lipinski definition) is 1. The van der Waals surface area contributed by atoms with E-state index in [1.807, 2.05) is 0 Å². The topological polar surface area (TPSA) is 37.3 Å². The number of carboxylic acid groups (broad SMARTS) is 1. The minimum atomic E-state index is -0.981. The molecule has 2 heteroatoms. The molecule has 0 aromatic heterocycles. The summed E-state index contributed by atoms with van der Waals surface area (Å²) in [5, 5.41) is 7.60. The van der Waals surface area contributed by atoms with Gasteiger partial charge in [0.15, 0.2) is 0 Å². The van der Waals surface area contributed by atoms with Crippen LogP contribution in [-0.4, -0.2) is 11.1 Å². The molecule has 0 radical (unpaired) electrons. The first-order chi connectivity index (χ1) is 11.5. The Kier molecular flexibility index (Phi) is 5.97. The second-order valence-corrected chi connectivity index (χ2v) is 6.42. The highest BCUT2D eigenvalue weighted by atomic mass is 16.4. The summed E-state index contributed by atoms with van der Waals surface area (Å²) in [6.07, 6.45) is 6.03. The fourth-order valence-corrected chi connectivity index (χ4v) is 3.54. The molecule has 0 saturated carbocycles. The maximum atomic E-state index is 9.25. The average Bonchev–Trinajstić information content (AvgIpc) is 2.86. The highest BCUT2D eigenvalue weighted by Gasteiger charge is 2.37. The number of hydrogen-bond donors (Lipinski definition) is 1. The lowest BCUT2D eigenvalue weighted by molar-refractivity contribution is -0.131. The molecule has 1 N–H and O–H groups in total. The van der Waals surface area contributed by atoms with Crippen LogP contribution >= 0.6 is 0 Å². The molecule has 0 unspecified atom stereocenters. The Labute approximate surface area is 144 Å². The van der Waals surface area contributed by atoms with Crippen molar-refractivity contribution in [2.24, 2.45) is 0 Å². The van der Waals surface area contributed by atoms with Crippen LogP contribution in [-0.2, 0) is 10.2 Å². The zero-order valence-corrected chi connectivity index (χ0v) is 14.6. The van der Waals surface area contributed by atoms with Crippen molar-refractivity contribution >= 4 is 5.97 Å². The lowest BCUT2D eigenvalue weighted by Crippen LogP contribution is -2.20. The zero-order valence-electron chi connectivity index (χ0n) is 14.6. The number of aliphatic carboxylic acids is 1. The molecule has 0 bridgehead atoms. The van der Waals surface area contributed by atoms with Gasteiger partial charge in [-0.05, 0) is 28.7 Å². The van der Waals surface area contributed by atoms with E-state index >= 15 is 0 Å². The Hall–Kier alpha value is -2.35. The minimum Gasteiger partial charge on any atom is -0.478 e. The van der Waals surface area contributed by atoms with Crippen LogP contribution in [0.4, 0.5) is 0 Å². The summed E-state index contributed by atoms with van der Waals surface area (Å²) >= 11 is 0. The molecule has 2 aromatic carbocycles. The van der Waals surface area contributed by atoms with E-state index in [-0.39, 0.29) is 5.41 Å². The third kappa shape index (κ3) is 3.59. The minimum absolute atomic E-state index is 0.211. The zero-order chi connectivity index (χ0) is 17.6. The summed E-state index contributed by atoms with van der Waals surface area (Å²) < 4.78 is 0. The van der Waals surface area contributed by atoms with E-state index in [4.69, 9.17) is 5.11 Å². The Morgan fingerprint density at radius 2 is 1.50 bits per heavy atom. The number of benzene rings is 2. The van der Waals surface area contributed by atoms with Gasteiger partial charge in [-0.15, -0.1) is 0 Å². The van der Waals surface area contributed by atoms with Crippen molar-refractivity contribution in [2.75, 3.05) is 0 Å². The second kappa shape index (κ2) is 7.96. The van der Waals surface area contributed by atoms with Crippen LogP contribution in [0.2, 0.25) is 0 Å². The predicted octanol–water partition coefficient (Wildman–Crippen LogP) is 5.81. The van der Waals surface area contributed by atoms with Gasteiger partial charge in [0.05, 0.1) is 0 Å². The fraction of sp³-hybridized carbons (Fsp3) is 0.318. The van der Waals surface area contributed by atoms with Crippen LogP contribution in [0.5, 0.6) is 0 Å². The molecular formula is C22H26O2. The monoisotopic (exact) mass is 322 g/mol. The van der Waals surface area contributed by atoms with Crippen LogP contribution in [0.15, 0.2) is 61.2 Å². The molecule has 2 nitrogen and oxygen atoms in total. The summed E-state index contributed by atoms with van der Waals surface area (Å²) in [6.45, 7) is 7.66. The van der Waals surface area contributed by atoms with Crippen molar-refractivity contribution in [2.45, 2.75) is 44.9 Å². The van der Waals surface area contributed by atoms with Crippen molar-refractivity contribution in [3.63, 3.8) is 0 Å². The summed E-state index contributed by atoms with van der Waals surface area (Å²) in [5.41, 5.74) is 6.14. The summed E-state index contributed by atoms with van der Waals surface area (Å²) in [7, 11) is 0. The molecule has 24 heavy (non-hydrogen) atoms. The second-order valence-electron chi connectivity index (χ2n) is 6.42. The maximum Gasteiger partial charge on any atom is 0.327 e. The molecule has 0 amide bonds. The van der Waals surface area contributed by atoms with Crippen LogP contribution in [0.3, 0.4) is 0 Å². The van der Waals surface area contributed by atoms with Gasteiger partial charge in [-0.25, -0.2) is 4.79 Å². The van der Waals surface area contributed by atoms with Crippen LogP contribution in [0, 0.1) is 0 Å². The predicted molar refractivity (Wildman–Crippen MR) is 100 cm³/mol. The Morgan fingerprint density at radius 3 is 1.92 bits per heavy atom.